The minimum atomic E-state index is 0.549. The smallest absolute Gasteiger partial charge is 0.0637 e. The van der Waals surface area contributed by atoms with Crippen LogP contribution in [0.15, 0.2) is 18.2 Å². The van der Waals surface area contributed by atoms with Gasteiger partial charge in [0.25, 0.3) is 0 Å². The van der Waals surface area contributed by atoms with Crippen LogP contribution >= 0.6 is 23.2 Å². The summed E-state index contributed by atoms with van der Waals surface area (Å²) in [7, 11) is 0. The number of hydrogen-bond donors (Lipinski definition) is 1. The maximum atomic E-state index is 6.22. The molecule has 1 aliphatic rings. The Hall–Kier alpha value is -0.240. The highest BCUT2D eigenvalue weighted by Crippen LogP contribution is 2.27. The number of rotatable bonds is 4. The molecule has 1 nitrogen and oxygen atoms in total. The molecule has 0 radical (unpaired) electrons. The number of nitrogens with one attached hydrogen (secondary N) is 1. The first kappa shape index (κ1) is 15.2. The maximum absolute atomic E-state index is 6.22. The monoisotopic (exact) mass is 299 g/mol. The second-order valence-electron chi connectivity index (χ2n) is 5.63. The Morgan fingerprint density at radius 3 is 2.53 bits per heavy atom. The van der Waals surface area contributed by atoms with E-state index in [1.165, 1.54) is 38.5 Å². The van der Waals surface area contributed by atoms with Gasteiger partial charge >= 0.3 is 0 Å². The van der Waals surface area contributed by atoms with Gasteiger partial charge in [0.2, 0.25) is 0 Å². The maximum Gasteiger partial charge on any atom is 0.0637 e. The van der Waals surface area contributed by atoms with Crippen molar-refractivity contribution in [2.45, 2.75) is 58.0 Å². The molecule has 0 spiro atoms. The van der Waals surface area contributed by atoms with Gasteiger partial charge in [-0.05, 0) is 37.3 Å². The average Bonchev–Trinajstić information content (AvgIpc) is 2.69. The molecule has 1 aromatic rings. The number of halogens is 2. The summed E-state index contributed by atoms with van der Waals surface area (Å²) in [5.74, 6) is 0.806. The van der Waals surface area contributed by atoms with Gasteiger partial charge in [0.1, 0.15) is 0 Å². The molecule has 19 heavy (non-hydrogen) atoms. The molecule has 1 saturated carbocycles. The van der Waals surface area contributed by atoms with Crippen molar-refractivity contribution < 1.29 is 0 Å². The van der Waals surface area contributed by atoms with Gasteiger partial charge < -0.3 is 5.32 Å². The number of hydrogen-bond acceptors (Lipinski definition) is 1. The van der Waals surface area contributed by atoms with E-state index in [1.807, 2.05) is 18.2 Å². The average molecular weight is 300 g/mol. The SMILES string of the molecule is C[C@@H](NCc1cccc(Cl)c1Cl)C1CCCCCC1. The fourth-order valence-corrected chi connectivity index (χ4v) is 3.32. The van der Waals surface area contributed by atoms with Crippen LogP contribution in [0.2, 0.25) is 10.0 Å². The molecule has 3 heteroatoms. The molecule has 0 aliphatic heterocycles. The van der Waals surface area contributed by atoms with Crippen molar-refractivity contribution >= 4 is 23.2 Å². The van der Waals surface area contributed by atoms with Crippen molar-refractivity contribution in [3.8, 4) is 0 Å². The summed E-state index contributed by atoms with van der Waals surface area (Å²) in [6.45, 7) is 3.10. The topological polar surface area (TPSA) is 12.0 Å². The Morgan fingerprint density at radius 1 is 1.16 bits per heavy atom. The van der Waals surface area contributed by atoms with Crippen molar-refractivity contribution in [3.05, 3.63) is 33.8 Å². The van der Waals surface area contributed by atoms with E-state index < -0.39 is 0 Å². The predicted molar refractivity (Wildman–Crippen MR) is 84.0 cm³/mol. The zero-order valence-electron chi connectivity index (χ0n) is 11.6. The lowest BCUT2D eigenvalue weighted by Crippen LogP contribution is -2.33. The Bertz CT molecular complexity index is 398. The van der Waals surface area contributed by atoms with E-state index in [9.17, 15) is 0 Å². The van der Waals surface area contributed by atoms with E-state index in [-0.39, 0.29) is 0 Å². The molecule has 0 aromatic heterocycles. The van der Waals surface area contributed by atoms with Crippen LogP contribution in [0.25, 0.3) is 0 Å². The van der Waals surface area contributed by atoms with Crippen LogP contribution in [-0.4, -0.2) is 6.04 Å². The van der Waals surface area contributed by atoms with Crippen LogP contribution in [0.3, 0.4) is 0 Å². The molecule has 0 amide bonds. The summed E-state index contributed by atoms with van der Waals surface area (Å²) in [5, 5.41) is 4.95. The lowest BCUT2D eigenvalue weighted by Gasteiger charge is -2.24. The molecular weight excluding hydrogens is 277 g/mol. The second-order valence-corrected chi connectivity index (χ2v) is 6.42. The van der Waals surface area contributed by atoms with E-state index >= 15 is 0 Å². The number of benzene rings is 1. The van der Waals surface area contributed by atoms with Crippen molar-refractivity contribution in [1.82, 2.24) is 5.32 Å². The van der Waals surface area contributed by atoms with Crippen LogP contribution in [0, 0.1) is 5.92 Å². The van der Waals surface area contributed by atoms with E-state index in [4.69, 9.17) is 23.2 Å². The van der Waals surface area contributed by atoms with Gasteiger partial charge in [-0.2, -0.15) is 0 Å². The Kier molecular flexibility index (Phi) is 6.00. The lowest BCUT2D eigenvalue weighted by atomic mass is 9.93. The molecule has 0 heterocycles. The minimum Gasteiger partial charge on any atom is -0.310 e. The van der Waals surface area contributed by atoms with Crippen molar-refractivity contribution in [2.24, 2.45) is 5.92 Å². The molecule has 0 saturated heterocycles. The molecule has 1 N–H and O–H groups in total. The third-order valence-electron chi connectivity index (χ3n) is 4.25. The van der Waals surface area contributed by atoms with Gasteiger partial charge in [-0.3, -0.25) is 0 Å². The zero-order valence-corrected chi connectivity index (χ0v) is 13.1. The third-order valence-corrected chi connectivity index (χ3v) is 5.11. The molecule has 1 aliphatic carbocycles. The summed E-state index contributed by atoms with van der Waals surface area (Å²) in [6, 6.07) is 6.39. The highest BCUT2D eigenvalue weighted by molar-refractivity contribution is 6.42. The molecule has 1 atom stereocenters. The van der Waals surface area contributed by atoms with Crippen LogP contribution in [0.4, 0.5) is 0 Å². The first-order chi connectivity index (χ1) is 9.18. The fourth-order valence-electron chi connectivity index (χ4n) is 2.93. The van der Waals surface area contributed by atoms with Crippen LogP contribution in [0.1, 0.15) is 51.0 Å². The van der Waals surface area contributed by atoms with Gasteiger partial charge in [-0.1, -0.05) is 61.0 Å². The van der Waals surface area contributed by atoms with E-state index in [0.717, 1.165) is 18.0 Å². The fraction of sp³-hybridized carbons (Fsp3) is 0.625. The summed E-state index contributed by atoms with van der Waals surface area (Å²) < 4.78 is 0. The minimum absolute atomic E-state index is 0.549. The highest BCUT2D eigenvalue weighted by atomic mass is 35.5. The lowest BCUT2D eigenvalue weighted by molar-refractivity contribution is 0.336. The van der Waals surface area contributed by atoms with Crippen LogP contribution in [-0.2, 0) is 6.54 Å². The van der Waals surface area contributed by atoms with E-state index in [1.54, 1.807) is 0 Å². The summed E-state index contributed by atoms with van der Waals surface area (Å²) in [5.41, 5.74) is 1.09. The summed E-state index contributed by atoms with van der Waals surface area (Å²) in [4.78, 5) is 0. The Morgan fingerprint density at radius 2 is 1.84 bits per heavy atom. The molecule has 1 aromatic carbocycles. The van der Waals surface area contributed by atoms with Gasteiger partial charge in [-0.25, -0.2) is 0 Å². The second kappa shape index (κ2) is 7.52. The Balaban J connectivity index is 1.88. The van der Waals surface area contributed by atoms with Crippen molar-refractivity contribution in [3.63, 3.8) is 0 Å². The molecule has 0 unspecified atom stereocenters. The van der Waals surface area contributed by atoms with Crippen molar-refractivity contribution in [1.29, 1.82) is 0 Å². The van der Waals surface area contributed by atoms with Gasteiger partial charge in [0, 0.05) is 12.6 Å². The molecular formula is C16H23Cl2N. The van der Waals surface area contributed by atoms with Gasteiger partial charge in [-0.15, -0.1) is 0 Å². The third kappa shape index (κ3) is 4.37. The van der Waals surface area contributed by atoms with Gasteiger partial charge in [0.05, 0.1) is 10.0 Å². The molecule has 2 rings (SSSR count). The first-order valence-electron chi connectivity index (χ1n) is 7.34. The van der Waals surface area contributed by atoms with Crippen LogP contribution in [0.5, 0.6) is 0 Å². The largest absolute Gasteiger partial charge is 0.310 e. The van der Waals surface area contributed by atoms with E-state index in [2.05, 4.69) is 12.2 Å². The molecule has 0 bridgehead atoms. The standard InChI is InChI=1S/C16H23Cl2N/c1-12(13-7-4-2-3-5-8-13)19-11-14-9-6-10-15(17)16(14)18/h6,9-10,12-13,19H,2-5,7-8,11H2,1H3/t12-/m1/s1. The predicted octanol–water partition coefficient (Wildman–Crippen LogP) is 5.44. The summed E-state index contributed by atoms with van der Waals surface area (Å²) >= 11 is 12.3. The molecule has 106 valence electrons. The van der Waals surface area contributed by atoms with Crippen LogP contribution < -0.4 is 5.32 Å². The zero-order chi connectivity index (χ0) is 13.7. The summed E-state index contributed by atoms with van der Waals surface area (Å²) in [6.07, 6.45) is 8.30. The quantitative estimate of drug-likeness (QED) is 0.730. The van der Waals surface area contributed by atoms with Gasteiger partial charge in [0.15, 0.2) is 0 Å². The molecule has 1 fully saturated rings. The first-order valence-corrected chi connectivity index (χ1v) is 8.10. The Labute approximate surface area is 126 Å². The highest BCUT2D eigenvalue weighted by Gasteiger charge is 2.18. The normalized spacial score (nSPS) is 19.1. The van der Waals surface area contributed by atoms with E-state index in [0.29, 0.717) is 16.1 Å². The van der Waals surface area contributed by atoms with Crippen molar-refractivity contribution in [2.75, 3.05) is 0 Å².